The molecule has 0 saturated heterocycles. The van der Waals surface area contributed by atoms with Crippen molar-refractivity contribution in [3.63, 3.8) is 0 Å². The highest BCUT2D eigenvalue weighted by Gasteiger charge is 2.30. The van der Waals surface area contributed by atoms with E-state index < -0.39 is 97.5 Å². The Balaban J connectivity index is 5.50. The molecule has 3 N–H and O–H groups in total. The summed E-state index contributed by atoms with van der Waals surface area (Å²) in [5, 5.41) is 10.6. The summed E-state index contributed by atoms with van der Waals surface area (Å²) >= 11 is 0. The zero-order valence-electron chi connectivity index (χ0n) is 66.3. The van der Waals surface area contributed by atoms with Crippen LogP contribution in [0.25, 0.3) is 0 Å². The Kier molecular flexibility index (Phi) is 74.3. The first-order chi connectivity index (χ1) is 51.7. The van der Waals surface area contributed by atoms with Crippen molar-refractivity contribution >= 4 is 39.5 Å². The van der Waals surface area contributed by atoms with Crippen LogP contribution in [0.4, 0.5) is 0 Å². The summed E-state index contributed by atoms with van der Waals surface area (Å²) in [6, 6.07) is 0. The molecule has 2 unspecified atom stereocenters. The maximum Gasteiger partial charge on any atom is 0.472 e. The van der Waals surface area contributed by atoms with E-state index in [9.17, 15) is 43.2 Å². The molecule has 5 atom stereocenters. The molecule has 0 aliphatic rings. The van der Waals surface area contributed by atoms with Crippen LogP contribution < -0.4 is 0 Å². The lowest BCUT2D eigenvalue weighted by atomic mass is 10.1. The molecule has 0 saturated carbocycles. The second-order valence-corrected chi connectivity index (χ2v) is 29.9. The van der Waals surface area contributed by atoms with Crippen molar-refractivity contribution in [1.82, 2.24) is 0 Å². The van der Waals surface area contributed by atoms with E-state index >= 15 is 0 Å². The molecule has 606 valence electrons. The van der Waals surface area contributed by atoms with Gasteiger partial charge in [-0.15, -0.1) is 0 Å². The molecule has 0 aromatic rings. The van der Waals surface area contributed by atoms with Crippen LogP contribution in [0.3, 0.4) is 0 Å². The molecule has 0 aliphatic heterocycles. The lowest BCUT2D eigenvalue weighted by Gasteiger charge is -2.21. The Labute approximate surface area is 643 Å². The molecule has 0 radical (unpaired) electrons. The van der Waals surface area contributed by atoms with Gasteiger partial charge in [0.25, 0.3) is 0 Å². The third-order valence-electron chi connectivity index (χ3n) is 16.8. The highest BCUT2D eigenvalue weighted by Crippen LogP contribution is 2.45. The predicted molar refractivity (Wildman–Crippen MR) is 436 cm³/mol. The first-order valence-corrected chi connectivity index (χ1v) is 44.1. The molecule has 0 aliphatic carbocycles. The van der Waals surface area contributed by atoms with Gasteiger partial charge in [-0.2, -0.15) is 0 Å². The standard InChI is InChI=1S/C87H146O17P2/c1-5-9-13-17-21-25-29-33-37-39-40-42-45-48-52-56-60-64-68-72-85(90)98-78-83(104-87(92)74-70-66-62-58-54-50-46-41-38-34-30-26-22-18-14-10-6-2)80-102-106(95,96)100-76-81(88)75-99-105(93,94)101-79-82(103-86(91)73-69-65-61-57-53-49-44-36-32-28-24-20-16-12-8-4)77-97-84(89)71-67-63-59-55-51-47-43-35-31-27-23-19-15-11-7-3/h9,13,21-22,25-26,33-38,40,42-44,46,48,50,52,58,60,62,64,81-83,88H,5-8,10-12,14-20,23-24,27-32,39,41,45,47,49,51,53-57,59,61,63,65-80H2,1-4H3,(H,93,94)(H,95,96)/b13-9-,25-21-,26-22-,37-33-,38-34-,42-40-,43-35-,44-36-,50-46-,52-48-,62-58-,64-60-/t81-,82+,83+/m0/s1. The Morgan fingerprint density at radius 3 is 0.877 bits per heavy atom. The first kappa shape index (κ1) is 101. The Hall–Kier alpha value is -5.06. The number of carbonyl (C=O) groups excluding carboxylic acids is 4. The average molecular weight is 1530 g/mol. The highest BCUT2D eigenvalue weighted by atomic mass is 31.2. The lowest BCUT2D eigenvalue weighted by molar-refractivity contribution is -0.161. The normalized spacial score (nSPS) is 14.6. The minimum Gasteiger partial charge on any atom is -0.462 e. The van der Waals surface area contributed by atoms with Crippen LogP contribution >= 0.6 is 15.6 Å². The van der Waals surface area contributed by atoms with Crippen LogP contribution in [0.2, 0.25) is 0 Å². The SMILES string of the molecule is CC/C=C\C/C=C\C/C=C\C/C=C\C/C=C\C/C=C\CCC(=O)OC[C@H](COP(=O)(O)OC[C@@H](O)COP(=O)(O)OC[C@@H](COC(=O)CCCCCCC/C=C\CCCCCCCC)OC(=O)CCCCCCC/C=C\CCCCCCCC)OC(=O)CCC/C=C\C/C=C\C/C=C\C/C=C\CCCCC. The van der Waals surface area contributed by atoms with Gasteiger partial charge in [0.2, 0.25) is 0 Å². The number of phosphoric ester groups is 2. The maximum absolute atomic E-state index is 13.1. The fourth-order valence-electron chi connectivity index (χ4n) is 10.5. The van der Waals surface area contributed by atoms with Crippen molar-refractivity contribution < 1.29 is 80.2 Å². The van der Waals surface area contributed by atoms with E-state index in [1.165, 1.54) is 96.3 Å². The molecular weight excluding hydrogens is 1380 g/mol. The molecule has 0 fully saturated rings. The number of aliphatic hydroxyl groups is 1. The number of esters is 4. The molecular formula is C87H146O17P2. The average Bonchev–Trinajstić information content (AvgIpc) is 0.902. The van der Waals surface area contributed by atoms with Gasteiger partial charge in [-0.1, -0.05) is 289 Å². The summed E-state index contributed by atoms with van der Waals surface area (Å²) in [5.41, 5.74) is 0. The van der Waals surface area contributed by atoms with E-state index in [2.05, 4.69) is 143 Å². The van der Waals surface area contributed by atoms with Gasteiger partial charge in [-0.05, 0) is 154 Å². The van der Waals surface area contributed by atoms with Crippen molar-refractivity contribution in [2.75, 3.05) is 39.6 Å². The van der Waals surface area contributed by atoms with E-state index in [-0.39, 0.29) is 25.7 Å². The molecule has 0 bridgehead atoms. The van der Waals surface area contributed by atoms with Gasteiger partial charge in [0.1, 0.15) is 19.3 Å². The van der Waals surface area contributed by atoms with Crippen LogP contribution in [0.5, 0.6) is 0 Å². The van der Waals surface area contributed by atoms with Crippen LogP contribution in [0.15, 0.2) is 146 Å². The monoisotopic (exact) mass is 1530 g/mol. The summed E-state index contributed by atoms with van der Waals surface area (Å²) < 4.78 is 68.5. The van der Waals surface area contributed by atoms with Gasteiger partial charge < -0.3 is 33.8 Å². The molecule has 0 aromatic carbocycles. The summed E-state index contributed by atoms with van der Waals surface area (Å²) in [7, 11) is -10.0. The van der Waals surface area contributed by atoms with Crippen LogP contribution in [0.1, 0.15) is 323 Å². The van der Waals surface area contributed by atoms with Crippen molar-refractivity contribution in [3.8, 4) is 0 Å². The molecule has 0 heterocycles. The number of allylic oxidation sites excluding steroid dienone is 24. The van der Waals surface area contributed by atoms with Gasteiger partial charge in [-0.25, -0.2) is 9.13 Å². The van der Waals surface area contributed by atoms with Crippen molar-refractivity contribution in [1.29, 1.82) is 0 Å². The van der Waals surface area contributed by atoms with E-state index in [1.54, 1.807) is 0 Å². The van der Waals surface area contributed by atoms with Crippen LogP contribution in [-0.2, 0) is 65.4 Å². The number of unbranched alkanes of at least 4 members (excludes halogenated alkanes) is 26. The fraction of sp³-hybridized carbons (Fsp3) is 0.678. The summed E-state index contributed by atoms with van der Waals surface area (Å²) in [6.45, 7) is 4.57. The van der Waals surface area contributed by atoms with Gasteiger partial charge >= 0.3 is 39.5 Å². The molecule has 17 nitrogen and oxygen atoms in total. The number of ether oxygens (including phenoxy) is 4. The molecule has 106 heavy (non-hydrogen) atoms. The van der Waals surface area contributed by atoms with Crippen LogP contribution in [0, 0.1) is 0 Å². The number of aliphatic hydroxyl groups excluding tert-OH is 1. The third-order valence-corrected chi connectivity index (χ3v) is 18.7. The summed E-state index contributed by atoms with van der Waals surface area (Å²) in [5.74, 6) is -2.36. The van der Waals surface area contributed by atoms with E-state index in [1.807, 2.05) is 30.4 Å². The van der Waals surface area contributed by atoms with Gasteiger partial charge in [-0.3, -0.25) is 37.3 Å². The zero-order valence-corrected chi connectivity index (χ0v) is 68.1. The number of rotatable bonds is 76. The molecule has 0 aromatic heterocycles. The van der Waals surface area contributed by atoms with E-state index in [4.69, 9.17) is 37.0 Å². The minimum absolute atomic E-state index is 0.00124. The fourth-order valence-corrected chi connectivity index (χ4v) is 12.1. The number of hydrogen-bond acceptors (Lipinski definition) is 15. The van der Waals surface area contributed by atoms with Gasteiger partial charge in [0.15, 0.2) is 12.2 Å². The number of phosphoric acid groups is 2. The topological polar surface area (TPSA) is 237 Å². The van der Waals surface area contributed by atoms with E-state index in [0.717, 1.165) is 135 Å². The maximum atomic E-state index is 13.1. The second kappa shape index (κ2) is 78.1. The number of hydrogen-bond donors (Lipinski definition) is 3. The Morgan fingerprint density at radius 1 is 0.274 bits per heavy atom. The zero-order chi connectivity index (χ0) is 77.4. The number of carbonyl (C=O) groups is 4. The van der Waals surface area contributed by atoms with Crippen molar-refractivity contribution in [2.45, 2.75) is 341 Å². The molecule has 0 amide bonds. The predicted octanol–water partition coefficient (Wildman–Crippen LogP) is 24.2. The smallest absolute Gasteiger partial charge is 0.462 e. The van der Waals surface area contributed by atoms with Crippen LogP contribution in [-0.4, -0.2) is 96.7 Å². The Morgan fingerprint density at radius 2 is 0.519 bits per heavy atom. The summed E-state index contributed by atoms with van der Waals surface area (Å²) in [6.07, 6.45) is 89.9. The second-order valence-electron chi connectivity index (χ2n) is 27.0. The van der Waals surface area contributed by atoms with Crippen molar-refractivity contribution in [3.05, 3.63) is 146 Å². The van der Waals surface area contributed by atoms with Gasteiger partial charge in [0, 0.05) is 25.7 Å². The third kappa shape index (κ3) is 77.1. The largest absolute Gasteiger partial charge is 0.472 e. The van der Waals surface area contributed by atoms with Crippen molar-refractivity contribution in [2.24, 2.45) is 0 Å². The highest BCUT2D eigenvalue weighted by molar-refractivity contribution is 7.47. The summed E-state index contributed by atoms with van der Waals surface area (Å²) in [4.78, 5) is 73.0. The van der Waals surface area contributed by atoms with Gasteiger partial charge in [0.05, 0.1) is 26.4 Å². The quantitative estimate of drug-likeness (QED) is 0.0169. The van der Waals surface area contributed by atoms with E-state index in [0.29, 0.717) is 38.5 Å². The molecule has 0 rings (SSSR count). The first-order valence-electron chi connectivity index (χ1n) is 41.1. The lowest BCUT2D eigenvalue weighted by Crippen LogP contribution is -2.30. The molecule has 0 spiro atoms. The Bertz CT molecular complexity index is 2580. The minimum atomic E-state index is -5.02. The molecule has 19 heteroatoms.